The monoisotopic (exact) mass is 351 g/mol. The quantitative estimate of drug-likeness (QED) is 0.508. The Kier molecular flexibility index (Phi) is 8.69. The maximum Gasteiger partial charge on any atom is 0.407 e. The van der Waals surface area contributed by atoms with Gasteiger partial charge in [-0.15, -0.1) is 0 Å². The highest BCUT2D eigenvalue weighted by Gasteiger charge is 2.28. The number of thiol groups is 2. The molecule has 0 aliphatic carbocycles. The van der Waals surface area contributed by atoms with E-state index in [1.165, 1.54) is 0 Å². The van der Waals surface area contributed by atoms with Gasteiger partial charge >= 0.3 is 12.1 Å². The molecule has 0 aliphatic rings. The molecular formula is C15H29NO4S2. The lowest BCUT2D eigenvalue weighted by Crippen LogP contribution is -2.45. The van der Waals surface area contributed by atoms with E-state index in [2.05, 4.69) is 30.6 Å². The van der Waals surface area contributed by atoms with Gasteiger partial charge in [-0.25, -0.2) is 4.79 Å². The molecule has 0 saturated carbocycles. The Labute approximate surface area is 144 Å². The molecule has 0 fully saturated rings. The van der Waals surface area contributed by atoms with E-state index < -0.39 is 17.3 Å². The molecule has 0 aliphatic heterocycles. The summed E-state index contributed by atoms with van der Waals surface area (Å²) < 4.78 is 10.5. The molecule has 0 radical (unpaired) electrons. The average molecular weight is 352 g/mol. The fourth-order valence-electron chi connectivity index (χ4n) is 1.70. The first-order valence-electron chi connectivity index (χ1n) is 7.31. The first-order chi connectivity index (χ1) is 9.88. The third-order valence-electron chi connectivity index (χ3n) is 2.55. The maximum atomic E-state index is 11.9. The van der Waals surface area contributed by atoms with Gasteiger partial charge in [-0.1, -0.05) is 0 Å². The van der Waals surface area contributed by atoms with Crippen LogP contribution < -0.4 is 5.32 Å². The Morgan fingerprint density at radius 1 is 0.955 bits per heavy atom. The third kappa shape index (κ3) is 10.2. The molecule has 0 aromatic rings. The topological polar surface area (TPSA) is 64.6 Å². The van der Waals surface area contributed by atoms with Crippen LogP contribution in [0.3, 0.4) is 0 Å². The van der Waals surface area contributed by atoms with Gasteiger partial charge in [-0.3, -0.25) is 4.79 Å². The molecule has 1 N–H and O–H groups in total. The number of ether oxygens (including phenoxy) is 2. The molecule has 0 rings (SSSR count). The van der Waals surface area contributed by atoms with Crippen molar-refractivity contribution in [2.75, 3.05) is 11.5 Å². The van der Waals surface area contributed by atoms with E-state index in [0.29, 0.717) is 11.5 Å². The van der Waals surface area contributed by atoms with Crippen molar-refractivity contribution >= 4 is 37.3 Å². The van der Waals surface area contributed by atoms with Crippen LogP contribution in [0, 0.1) is 5.92 Å². The highest BCUT2D eigenvalue weighted by atomic mass is 32.1. The summed E-state index contributed by atoms with van der Waals surface area (Å²) in [7, 11) is 0. The van der Waals surface area contributed by atoms with Gasteiger partial charge < -0.3 is 14.8 Å². The van der Waals surface area contributed by atoms with Gasteiger partial charge in [0.15, 0.2) is 0 Å². The number of hydrogen-bond acceptors (Lipinski definition) is 6. The first-order valence-corrected chi connectivity index (χ1v) is 8.57. The van der Waals surface area contributed by atoms with Crippen LogP contribution in [-0.4, -0.2) is 40.8 Å². The van der Waals surface area contributed by atoms with Gasteiger partial charge in [0, 0.05) is 11.8 Å². The molecular weight excluding hydrogens is 322 g/mol. The van der Waals surface area contributed by atoms with Crippen molar-refractivity contribution in [1.82, 2.24) is 5.32 Å². The minimum absolute atomic E-state index is 0.168. The standard InChI is InChI=1S/C15H29NO4S2/c1-14(2,3)19-12(17)7-10(8-21)11(9-22)16-13(18)20-15(4,5)6/h10-11,21-22H,7-9H2,1-6H3,(H,16,18). The number of alkyl carbamates (subject to hydrolysis) is 1. The Balaban J connectivity index is 4.67. The van der Waals surface area contributed by atoms with Crippen LogP contribution in [0.25, 0.3) is 0 Å². The van der Waals surface area contributed by atoms with Crippen LogP contribution in [0.4, 0.5) is 4.79 Å². The number of hydrogen-bond donors (Lipinski definition) is 3. The molecule has 0 bridgehead atoms. The molecule has 2 unspecified atom stereocenters. The van der Waals surface area contributed by atoms with Crippen molar-refractivity contribution < 1.29 is 19.1 Å². The highest BCUT2D eigenvalue weighted by Crippen LogP contribution is 2.17. The molecule has 0 saturated heterocycles. The van der Waals surface area contributed by atoms with Crippen molar-refractivity contribution in [3.05, 3.63) is 0 Å². The number of rotatable bonds is 6. The van der Waals surface area contributed by atoms with Crippen molar-refractivity contribution in [2.45, 2.75) is 65.2 Å². The predicted octanol–water partition coefficient (Wildman–Crippen LogP) is 3.09. The summed E-state index contributed by atoms with van der Waals surface area (Å²) >= 11 is 8.52. The zero-order valence-corrected chi connectivity index (χ0v) is 16.1. The zero-order chi connectivity index (χ0) is 17.6. The van der Waals surface area contributed by atoms with Gasteiger partial charge in [0.05, 0.1) is 6.42 Å². The fourth-order valence-corrected chi connectivity index (χ4v) is 2.48. The molecule has 0 spiro atoms. The molecule has 5 nitrogen and oxygen atoms in total. The van der Waals surface area contributed by atoms with Gasteiger partial charge in [0.25, 0.3) is 0 Å². The van der Waals surface area contributed by atoms with Crippen molar-refractivity contribution in [1.29, 1.82) is 0 Å². The lowest BCUT2D eigenvalue weighted by Gasteiger charge is -2.28. The number of nitrogens with one attached hydrogen (secondary N) is 1. The summed E-state index contributed by atoms with van der Waals surface area (Å²) in [6, 6.07) is -0.316. The zero-order valence-electron chi connectivity index (χ0n) is 14.3. The number of esters is 1. The molecule has 130 valence electrons. The van der Waals surface area contributed by atoms with E-state index in [-0.39, 0.29) is 24.3 Å². The average Bonchev–Trinajstić information content (AvgIpc) is 2.28. The van der Waals surface area contributed by atoms with Gasteiger partial charge in [-0.05, 0) is 53.2 Å². The predicted molar refractivity (Wildman–Crippen MR) is 94.8 cm³/mol. The van der Waals surface area contributed by atoms with Crippen LogP contribution >= 0.6 is 25.3 Å². The van der Waals surface area contributed by atoms with E-state index >= 15 is 0 Å². The molecule has 0 aromatic heterocycles. The normalized spacial score (nSPS) is 14.9. The summed E-state index contributed by atoms with van der Waals surface area (Å²) in [6.45, 7) is 10.8. The number of amides is 1. The summed E-state index contributed by atoms with van der Waals surface area (Å²) in [5.41, 5.74) is -1.11. The van der Waals surface area contributed by atoms with Crippen LogP contribution in [0.1, 0.15) is 48.0 Å². The fraction of sp³-hybridized carbons (Fsp3) is 0.867. The van der Waals surface area contributed by atoms with E-state index in [9.17, 15) is 9.59 Å². The number of carbonyl (C=O) groups is 2. The summed E-state index contributed by atoms with van der Waals surface area (Å²) in [5.74, 6) is 0.320. The van der Waals surface area contributed by atoms with E-state index in [1.807, 2.05) is 20.8 Å². The minimum Gasteiger partial charge on any atom is -0.460 e. The summed E-state index contributed by atoms with van der Waals surface area (Å²) in [5, 5.41) is 2.75. The molecule has 0 heterocycles. The van der Waals surface area contributed by atoms with Crippen LogP contribution in [0.15, 0.2) is 0 Å². The Hall–Kier alpha value is -0.560. The molecule has 2 atom stereocenters. The lowest BCUT2D eigenvalue weighted by molar-refractivity contribution is -0.156. The summed E-state index contributed by atoms with van der Waals surface area (Å²) in [6.07, 6.45) is -0.357. The van der Waals surface area contributed by atoms with Gasteiger partial charge in [-0.2, -0.15) is 25.3 Å². The van der Waals surface area contributed by atoms with Crippen molar-refractivity contribution in [3.8, 4) is 0 Å². The molecule has 0 aromatic carbocycles. The van der Waals surface area contributed by atoms with Crippen LogP contribution in [0.5, 0.6) is 0 Å². The Bertz CT molecular complexity index is 339. The second-order valence-electron chi connectivity index (χ2n) is 7.17. The van der Waals surface area contributed by atoms with Crippen molar-refractivity contribution in [2.24, 2.45) is 5.92 Å². The van der Waals surface area contributed by atoms with E-state index in [1.54, 1.807) is 20.8 Å². The van der Waals surface area contributed by atoms with Crippen LogP contribution in [-0.2, 0) is 14.3 Å². The first kappa shape index (κ1) is 21.4. The molecule has 7 heteroatoms. The second-order valence-corrected chi connectivity index (χ2v) is 7.90. The SMILES string of the molecule is CC(C)(C)OC(=O)CC(CS)C(CS)NC(=O)OC(C)(C)C. The Morgan fingerprint density at radius 3 is 1.82 bits per heavy atom. The smallest absolute Gasteiger partial charge is 0.407 e. The van der Waals surface area contributed by atoms with Gasteiger partial charge in [0.1, 0.15) is 11.2 Å². The maximum absolute atomic E-state index is 11.9. The number of carbonyl (C=O) groups excluding carboxylic acids is 2. The second kappa shape index (κ2) is 8.91. The lowest BCUT2D eigenvalue weighted by atomic mass is 9.99. The molecule has 1 amide bonds. The van der Waals surface area contributed by atoms with Gasteiger partial charge in [0.2, 0.25) is 0 Å². The van der Waals surface area contributed by atoms with E-state index in [4.69, 9.17) is 9.47 Å². The largest absolute Gasteiger partial charge is 0.460 e. The summed E-state index contributed by atoms with van der Waals surface area (Å²) in [4.78, 5) is 23.8. The highest BCUT2D eigenvalue weighted by molar-refractivity contribution is 7.80. The van der Waals surface area contributed by atoms with E-state index in [0.717, 1.165) is 0 Å². The molecule has 22 heavy (non-hydrogen) atoms. The third-order valence-corrected chi connectivity index (χ3v) is 3.41. The van der Waals surface area contributed by atoms with Crippen LogP contribution in [0.2, 0.25) is 0 Å². The minimum atomic E-state index is -0.577. The Morgan fingerprint density at radius 2 is 1.45 bits per heavy atom. The van der Waals surface area contributed by atoms with Crippen molar-refractivity contribution in [3.63, 3.8) is 0 Å².